The number of hydrogen-bond acceptors (Lipinski definition) is 3. The van der Waals surface area contributed by atoms with Crippen LogP contribution in [0.15, 0.2) is 12.1 Å². The molecule has 0 aliphatic rings. The number of nitrogens with one attached hydrogen (secondary N) is 1. The van der Waals surface area contributed by atoms with Gasteiger partial charge in [0.2, 0.25) is 0 Å². The fourth-order valence-electron chi connectivity index (χ4n) is 1.55. The number of hydrogen-bond donors (Lipinski definition) is 1. The van der Waals surface area contributed by atoms with Gasteiger partial charge in [0.15, 0.2) is 11.9 Å². The number of rotatable bonds is 5. The van der Waals surface area contributed by atoms with Crippen molar-refractivity contribution in [1.82, 2.24) is 10.3 Å². The van der Waals surface area contributed by atoms with Crippen LogP contribution in [0.3, 0.4) is 0 Å². The van der Waals surface area contributed by atoms with Gasteiger partial charge in [-0.2, -0.15) is 0 Å². The minimum atomic E-state index is -0.687. The van der Waals surface area contributed by atoms with Crippen molar-refractivity contribution >= 4 is 28.5 Å². The van der Waals surface area contributed by atoms with Gasteiger partial charge in [-0.25, -0.2) is 4.98 Å². The van der Waals surface area contributed by atoms with E-state index in [1.165, 1.54) is 0 Å². The lowest BCUT2D eigenvalue weighted by molar-refractivity contribution is -0.128. The number of carbonyl (C=O) groups excluding carboxylic acids is 1. The van der Waals surface area contributed by atoms with Crippen molar-refractivity contribution in [2.24, 2.45) is 5.92 Å². The predicted molar refractivity (Wildman–Crippen MR) is 92.0 cm³/mol. The Balaban J connectivity index is 2.78. The third-order valence-electron chi connectivity index (χ3n) is 3.46. The maximum atomic E-state index is 12.3. The number of terminal acetylenes is 1. The summed E-state index contributed by atoms with van der Waals surface area (Å²) in [6.07, 6.45) is 4.89. The molecule has 0 fully saturated rings. The van der Waals surface area contributed by atoms with Gasteiger partial charge in [0.05, 0.1) is 0 Å². The number of pyridine rings is 1. The number of carbonyl (C=O) groups is 1. The van der Waals surface area contributed by atoms with Gasteiger partial charge in [0, 0.05) is 5.69 Å². The standard InChI is InChI=1S/C16H21IN2O2/c1-7-16(6,10(2)3)19-15(20)12(5)21-13-9-8-11(4)18-14(13)17/h1,8-10,12H,2-6H3,(H,19,20). The molecular weight excluding hydrogens is 379 g/mol. The van der Waals surface area contributed by atoms with Crippen molar-refractivity contribution in [3.8, 4) is 18.1 Å². The minimum Gasteiger partial charge on any atom is -0.478 e. The molecule has 0 spiro atoms. The number of halogens is 1. The zero-order valence-corrected chi connectivity index (χ0v) is 15.2. The fourth-order valence-corrected chi connectivity index (χ4v) is 2.24. The van der Waals surface area contributed by atoms with Crippen molar-refractivity contribution in [3.05, 3.63) is 21.5 Å². The molecule has 1 rings (SSSR count). The molecule has 1 N–H and O–H groups in total. The quantitative estimate of drug-likeness (QED) is 0.470. The lowest BCUT2D eigenvalue weighted by Crippen LogP contribution is -2.52. The molecule has 5 heteroatoms. The summed E-state index contributed by atoms with van der Waals surface area (Å²) in [6, 6.07) is 3.67. The van der Waals surface area contributed by atoms with E-state index in [9.17, 15) is 4.79 Å². The van der Waals surface area contributed by atoms with Gasteiger partial charge < -0.3 is 10.1 Å². The minimum absolute atomic E-state index is 0.125. The van der Waals surface area contributed by atoms with Crippen LogP contribution in [0.5, 0.6) is 5.75 Å². The third kappa shape index (κ3) is 4.60. The lowest BCUT2D eigenvalue weighted by atomic mass is 9.89. The van der Waals surface area contributed by atoms with Gasteiger partial charge >= 0.3 is 0 Å². The molecule has 1 aromatic rings. The molecule has 0 saturated heterocycles. The van der Waals surface area contributed by atoms with E-state index in [1.54, 1.807) is 6.92 Å². The van der Waals surface area contributed by atoms with Gasteiger partial charge in [-0.15, -0.1) is 6.42 Å². The van der Waals surface area contributed by atoms with Crippen LogP contribution < -0.4 is 10.1 Å². The van der Waals surface area contributed by atoms with Crippen molar-refractivity contribution < 1.29 is 9.53 Å². The van der Waals surface area contributed by atoms with E-state index in [0.717, 1.165) is 9.39 Å². The van der Waals surface area contributed by atoms with E-state index in [1.807, 2.05) is 39.8 Å². The van der Waals surface area contributed by atoms with Crippen molar-refractivity contribution in [2.45, 2.75) is 46.3 Å². The Morgan fingerprint density at radius 2 is 2.10 bits per heavy atom. The van der Waals surface area contributed by atoms with Crippen LogP contribution in [0.4, 0.5) is 0 Å². The third-order valence-corrected chi connectivity index (χ3v) is 4.24. The molecule has 0 aliphatic carbocycles. The highest BCUT2D eigenvalue weighted by Crippen LogP contribution is 2.21. The van der Waals surface area contributed by atoms with E-state index >= 15 is 0 Å². The first-order valence-corrected chi connectivity index (χ1v) is 7.87. The van der Waals surface area contributed by atoms with Crippen LogP contribution in [-0.4, -0.2) is 22.5 Å². The average molecular weight is 400 g/mol. The molecule has 2 atom stereocenters. The van der Waals surface area contributed by atoms with Crippen LogP contribution in [0.1, 0.15) is 33.4 Å². The maximum absolute atomic E-state index is 12.3. The second kappa shape index (κ2) is 7.12. The molecule has 0 saturated carbocycles. The largest absolute Gasteiger partial charge is 0.478 e. The van der Waals surface area contributed by atoms with Gasteiger partial charge in [0.1, 0.15) is 9.24 Å². The second-order valence-electron chi connectivity index (χ2n) is 5.49. The van der Waals surface area contributed by atoms with Crippen LogP contribution in [0.25, 0.3) is 0 Å². The zero-order valence-electron chi connectivity index (χ0n) is 13.0. The Morgan fingerprint density at radius 3 is 2.57 bits per heavy atom. The molecular formula is C16H21IN2O2. The van der Waals surface area contributed by atoms with Gasteiger partial charge in [-0.3, -0.25) is 4.79 Å². The summed E-state index contributed by atoms with van der Waals surface area (Å²) in [5.41, 5.74) is 0.219. The predicted octanol–water partition coefficient (Wildman–Crippen LogP) is 2.93. The van der Waals surface area contributed by atoms with Gasteiger partial charge in [0.25, 0.3) is 5.91 Å². The Hall–Kier alpha value is -1.29. The molecule has 114 valence electrons. The van der Waals surface area contributed by atoms with Gasteiger partial charge in [-0.1, -0.05) is 19.8 Å². The van der Waals surface area contributed by atoms with Crippen molar-refractivity contribution in [1.29, 1.82) is 0 Å². The first kappa shape index (κ1) is 17.8. The van der Waals surface area contributed by atoms with E-state index in [4.69, 9.17) is 11.2 Å². The summed E-state index contributed by atoms with van der Waals surface area (Å²) >= 11 is 2.09. The van der Waals surface area contributed by atoms with E-state index in [0.29, 0.717) is 5.75 Å². The molecule has 2 unspecified atom stereocenters. The van der Waals surface area contributed by atoms with Crippen LogP contribution in [-0.2, 0) is 4.79 Å². The Kier molecular flexibility index (Phi) is 6.02. The highest BCUT2D eigenvalue weighted by atomic mass is 127. The Labute approximate surface area is 140 Å². The number of amides is 1. The molecule has 1 aromatic heterocycles. The summed E-state index contributed by atoms with van der Waals surface area (Å²) in [5, 5.41) is 2.87. The summed E-state index contributed by atoms with van der Waals surface area (Å²) in [4.78, 5) is 16.6. The lowest BCUT2D eigenvalue weighted by Gasteiger charge is -2.30. The maximum Gasteiger partial charge on any atom is 0.261 e. The number of aromatic nitrogens is 1. The summed E-state index contributed by atoms with van der Waals surface area (Å²) in [5.74, 6) is 3.13. The smallest absolute Gasteiger partial charge is 0.261 e. The number of ether oxygens (including phenoxy) is 1. The molecule has 21 heavy (non-hydrogen) atoms. The monoisotopic (exact) mass is 400 g/mol. The SMILES string of the molecule is C#CC(C)(NC(=O)C(C)Oc1ccc(C)nc1I)C(C)C. The van der Waals surface area contributed by atoms with E-state index in [-0.39, 0.29) is 11.8 Å². The van der Waals surface area contributed by atoms with Crippen molar-refractivity contribution in [3.63, 3.8) is 0 Å². The highest BCUT2D eigenvalue weighted by molar-refractivity contribution is 14.1. The van der Waals surface area contributed by atoms with Crippen LogP contribution in [0, 0.1) is 28.9 Å². The number of nitrogens with zero attached hydrogens (tertiary/aromatic N) is 1. The normalized spacial score (nSPS) is 15.0. The van der Waals surface area contributed by atoms with E-state index in [2.05, 4.69) is 38.8 Å². The fraction of sp³-hybridized carbons (Fsp3) is 0.500. The summed E-state index contributed by atoms with van der Waals surface area (Å²) < 4.78 is 6.41. The molecule has 0 aliphatic heterocycles. The highest BCUT2D eigenvalue weighted by Gasteiger charge is 2.30. The molecule has 4 nitrogen and oxygen atoms in total. The molecule has 1 amide bonds. The van der Waals surface area contributed by atoms with E-state index < -0.39 is 11.6 Å². The summed E-state index contributed by atoms with van der Waals surface area (Å²) in [6.45, 7) is 9.38. The topological polar surface area (TPSA) is 51.2 Å². The summed E-state index contributed by atoms with van der Waals surface area (Å²) in [7, 11) is 0. The van der Waals surface area contributed by atoms with Gasteiger partial charge in [-0.05, 0) is 61.4 Å². The van der Waals surface area contributed by atoms with Crippen LogP contribution >= 0.6 is 22.6 Å². The molecule has 0 radical (unpaired) electrons. The average Bonchev–Trinajstić information content (AvgIpc) is 2.41. The Morgan fingerprint density at radius 1 is 1.48 bits per heavy atom. The Bertz CT molecular complexity index is 566. The number of aryl methyl sites for hydroxylation is 1. The first-order valence-electron chi connectivity index (χ1n) is 6.79. The molecule has 0 aromatic carbocycles. The van der Waals surface area contributed by atoms with Crippen LogP contribution in [0.2, 0.25) is 0 Å². The first-order chi connectivity index (χ1) is 9.69. The molecule has 1 heterocycles. The molecule has 0 bridgehead atoms. The van der Waals surface area contributed by atoms with Crippen molar-refractivity contribution in [2.75, 3.05) is 0 Å². The second-order valence-corrected chi connectivity index (χ2v) is 6.51. The zero-order chi connectivity index (χ0) is 16.2.